The van der Waals surface area contributed by atoms with Crippen LogP contribution in [0.2, 0.25) is 0 Å². The first-order valence-corrected chi connectivity index (χ1v) is 8.01. The van der Waals surface area contributed by atoms with Gasteiger partial charge in [-0.05, 0) is 44.1 Å². The van der Waals surface area contributed by atoms with E-state index in [-0.39, 0.29) is 0 Å². The standard InChI is InChI=1S/C14H24N2S/c1-3-16-8-7-12(11-16)10-15-13-5-4-6-14(9-13)17-2/h7-8,11,13-15H,3-6,9-10H2,1-2H3. The van der Waals surface area contributed by atoms with E-state index < -0.39 is 0 Å². The molecule has 2 atom stereocenters. The highest BCUT2D eigenvalue weighted by atomic mass is 32.2. The van der Waals surface area contributed by atoms with Crippen molar-refractivity contribution >= 4 is 11.8 Å². The first-order chi connectivity index (χ1) is 8.31. The Hall–Kier alpha value is -0.410. The molecule has 1 aliphatic rings. The van der Waals surface area contributed by atoms with Gasteiger partial charge >= 0.3 is 0 Å². The molecule has 1 heterocycles. The van der Waals surface area contributed by atoms with E-state index >= 15 is 0 Å². The van der Waals surface area contributed by atoms with Crippen LogP contribution >= 0.6 is 11.8 Å². The van der Waals surface area contributed by atoms with Crippen molar-refractivity contribution in [3.8, 4) is 0 Å². The molecular weight excluding hydrogens is 228 g/mol. The van der Waals surface area contributed by atoms with E-state index in [4.69, 9.17) is 0 Å². The molecule has 1 aromatic rings. The summed E-state index contributed by atoms with van der Waals surface area (Å²) in [5.41, 5.74) is 1.41. The second kappa shape index (κ2) is 6.50. The summed E-state index contributed by atoms with van der Waals surface area (Å²) in [6, 6.07) is 2.96. The molecule has 0 spiro atoms. The van der Waals surface area contributed by atoms with Crippen molar-refractivity contribution in [3.63, 3.8) is 0 Å². The molecule has 0 bridgehead atoms. The van der Waals surface area contributed by atoms with Crippen molar-refractivity contribution < 1.29 is 0 Å². The highest BCUT2D eigenvalue weighted by Crippen LogP contribution is 2.27. The molecule has 0 radical (unpaired) electrons. The fraction of sp³-hybridized carbons (Fsp3) is 0.714. The molecule has 1 N–H and O–H groups in total. The molecule has 1 saturated carbocycles. The molecule has 3 heteroatoms. The van der Waals surface area contributed by atoms with Crippen molar-refractivity contribution in [1.29, 1.82) is 0 Å². The highest BCUT2D eigenvalue weighted by Gasteiger charge is 2.20. The number of hydrogen-bond donors (Lipinski definition) is 1. The second-order valence-corrected chi connectivity index (χ2v) is 6.09. The SMILES string of the molecule is CCn1ccc(CNC2CCCC(SC)C2)c1. The number of thioether (sulfide) groups is 1. The van der Waals surface area contributed by atoms with E-state index in [0.717, 1.165) is 24.4 Å². The van der Waals surface area contributed by atoms with Crippen LogP contribution in [0.3, 0.4) is 0 Å². The summed E-state index contributed by atoms with van der Waals surface area (Å²) in [4.78, 5) is 0. The van der Waals surface area contributed by atoms with Crippen molar-refractivity contribution in [2.24, 2.45) is 0 Å². The summed E-state index contributed by atoms with van der Waals surface area (Å²) < 4.78 is 2.24. The van der Waals surface area contributed by atoms with Crippen LogP contribution < -0.4 is 5.32 Å². The van der Waals surface area contributed by atoms with Crippen LogP contribution in [0.25, 0.3) is 0 Å². The highest BCUT2D eigenvalue weighted by molar-refractivity contribution is 7.99. The summed E-state index contributed by atoms with van der Waals surface area (Å²) in [6.45, 7) is 4.28. The van der Waals surface area contributed by atoms with Gasteiger partial charge < -0.3 is 9.88 Å². The Morgan fingerprint density at radius 1 is 1.47 bits per heavy atom. The van der Waals surface area contributed by atoms with Gasteiger partial charge in [-0.1, -0.05) is 6.42 Å². The third-order valence-electron chi connectivity index (χ3n) is 3.73. The zero-order chi connectivity index (χ0) is 12.1. The summed E-state index contributed by atoms with van der Waals surface area (Å²) in [7, 11) is 0. The van der Waals surface area contributed by atoms with Gasteiger partial charge in [0, 0.05) is 36.8 Å². The lowest BCUT2D eigenvalue weighted by molar-refractivity contribution is 0.380. The Kier molecular flexibility index (Phi) is 4.99. The Bertz CT molecular complexity index is 335. The lowest BCUT2D eigenvalue weighted by atomic mass is 9.95. The summed E-state index contributed by atoms with van der Waals surface area (Å²) in [6.07, 6.45) is 12.2. The van der Waals surface area contributed by atoms with E-state index in [1.807, 2.05) is 11.8 Å². The van der Waals surface area contributed by atoms with E-state index in [0.29, 0.717) is 0 Å². The molecule has 2 unspecified atom stereocenters. The summed E-state index contributed by atoms with van der Waals surface area (Å²) in [5, 5.41) is 4.59. The van der Waals surface area contributed by atoms with E-state index in [9.17, 15) is 0 Å². The first-order valence-electron chi connectivity index (χ1n) is 6.72. The van der Waals surface area contributed by atoms with Crippen molar-refractivity contribution in [2.75, 3.05) is 6.26 Å². The van der Waals surface area contributed by atoms with E-state index in [2.05, 4.69) is 41.5 Å². The summed E-state index contributed by atoms with van der Waals surface area (Å²) in [5.74, 6) is 0. The zero-order valence-electron chi connectivity index (χ0n) is 11.0. The van der Waals surface area contributed by atoms with Crippen LogP contribution in [0.4, 0.5) is 0 Å². The van der Waals surface area contributed by atoms with Gasteiger partial charge in [0.15, 0.2) is 0 Å². The van der Waals surface area contributed by atoms with Gasteiger partial charge in [-0.3, -0.25) is 0 Å². The first kappa shape index (κ1) is 13.0. The number of nitrogens with one attached hydrogen (secondary N) is 1. The number of aryl methyl sites for hydroxylation is 1. The Balaban J connectivity index is 1.77. The second-order valence-electron chi connectivity index (χ2n) is 4.95. The van der Waals surface area contributed by atoms with Crippen LogP contribution in [0.1, 0.15) is 38.2 Å². The molecule has 96 valence electrons. The normalized spacial score (nSPS) is 25.1. The number of aromatic nitrogens is 1. The lowest BCUT2D eigenvalue weighted by Crippen LogP contribution is -2.34. The third kappa shape index (κ3) is 3.78. The largest absolute Gasteiger partial charge is 0.354 e. The molecule has 17 heavy (non-hydrogen) atoms. The van der Waals surface area contributed by atoms with Crippen LogP contribution in [-0.4, -0.2) is 22.1 Å². The molecule has 2 rings (SSSR count). The average molecular weight is 252 g/mol. The molecule has 0 saturated heterocycles. The number of rotatable bonds is 5. The molecule has 1 aliphatic carbocycles. The van der Waals surface area contributed by atoms with Gasteiger partial charge in [0.1, 0.15) is 0 Å². The van der Waals surface area contributed by atoms with Crippen LogP contribution in [0.5, 0.6) is 0 Å². The Morgan fingerprint density at radius 3 is 3.06 bits per heavy atom. The quantitative estimate of drug-likeness (QED) is 0.866. The molecule has 1 aromatic heterocycles. The van der Waals surface area contributed by atoms with Gasteiger partial charge in [-0.2, -0.15) is 11.8 Å². The zero-order valence-corrected chi connectivity index (χ0v) is 11.8. The van der Waals surface area contributed by atoms with Gasteiger partial charge in [0.25, 0.3) is 0 Å². The molecular formula is C14H24N2S. The van der Waals surface area contributed by atoms with Crippen molar-refractivity contribution in [3.05, 3.63) is 24.0 Å². The Morgan fingerprint density at radius 2 is 2.35 bits per heavy atom. The molecule has 0 aromatic carbocycles. The fourth-order valence-corrected chi connectivity index (χ4v) is 3.43. The predicted molar refractivity (Wildman–Crippen MR) is 76.5 cm³/mol. The monoisotopic (exact) mass is 252 g/mol. The predicted octanol–water partition coefficient (Wildman–Crippen LogP) is 3.27. The molecule has 2 nitrogen and oxygen atoms in total. The van der Waals surface area contributed by atoms with Gasteiger partial charge in [0.2, 0.25) is 0 Å². The molecule has 0 amide bonds. The number of nitrogens with zero attached hydrogens (tertiary/aromatic N) is 1. The van der Waals surface area contributed by atoms with Crippen molar-refractivity contribution in [1.82, 2.24) is 9.88 Å². The maximum absolute atomic E-state index is 3.71. The summed E-state index contributed by atoms with van der Waals surface area (Å²) >= 11 is 2.03. The smallest absolute Gasteiger partial charge is 0.0223 e. The minimum Gasteiger partial charge on any atom is -0.354 e. The topological polar surface area (TPSA) is 17.0 Å². The fourth-order valence-electron chi connectivity index (χ4n) is 2.60. The van der Waals surface area contributed by atoms with Gasteiger partial charge in [-0.25, -0.2) is 0 Å². The van der Waals surface area contributed by atoms with E-state index in [1.54, 1.807) is 0 Å². The third-order valence-corrected chi connectivity index (χ3v) is 4.83. The minimum atomic E-state index is 0.728. The van der Waals surface area contributed by atoms with Crippen LogP contribution in [-0.2, 0) is 13.1 Å². The van der Waals surface area contributed by atoms with E-state index in [1.165, 1.54) is 31.2 Å². The van der Waals surface area contributed by atoms with Gasteiger partial charge in [0.05, 0.1) is 0 Å². The lowest BCUT2D eigenvalue weighted by Gasteiger charge is -2.28. The maximum Gasteiger partial charge on any atom is 0.0223 e. The number of hydrogen-bond acceptors (Lipinski definition) is 2. The molecule has 1 fully saturated rings. The average Bonchev–Trinajstić information content (AvgIpc) is 2.84. The minimum absolute atomic E-state index is 0.728. The maximum atomic E-state index is 3.71. The van der Waals surface area contributed by atoms with Crippen LogP contribution in [0, 0.1) is 0 Å². The van der Waals surface area contributed by atoms with Crippen molar-refractivity contribution in [2.45, 2.75) is 57.0 Å². The van der Waals surface area contributed by atoms with Gasteiger partial charge in [-0.15, -0.1) is 0 Å². The molecule has 0 aliphatic heterocycles. The van der Waals surface area contributed by atoms with Crippen LogP contribution in [0.15, 0.2) is 18.5 Å². The Labute approximate surface area is 109 Å².